The number of carbonyl (C=O) groups excluding carboxylic acids is 1. The van der Waals surface area contributed by atoms with Crippen LogP contribution in [0.3, 0.4) is 0 Å². The summed E-state index contributed by atoms with van der Waals surface area (Å²) in [4.78, 5) is 11.5. The number of aryl methyl sites for hydroxylation is 1. The van der Waals surface area contributed by atoms with E-state index in [0.717, 1.165) is 22.4 Å². The minimum Gasteiger partial charge on any atom is -0.324 e. The summed E-state index contributed by atoms with van der Waals surface area (Å²) in [5.41, 5.74) is 3.93. The van der Waals surface area contributed by atoms with Gasteiger partial charge in [-0.1, -0.05) is 48.5 Å². The third-order valence-corrected chi connectivity index (χ3v) is 2.99. The van der Waals surface area contributed by atoms with E-state index in [1.165, 1.54) is 0 Å². The van der Waals surface area contributed by atoms with E-state index in [2.05, 4.69) is 5.32 Å². The molecule has 0 saturated carbocycles. The van der Waals surface area contributed by atoms with Gasteiger partial charge in [-0.2, -0.15) is 0 Å². The SMILES string of the molecule is Cc1cccc(-c2ccccc2)c1NC(=O)CCl. The molecule has 0 aliphatic rings. The molecule has 0 aliphatic carbocycles. The fraction of sp³-hybridized carbons (Fsp3) is 0.133. The molecule has 0 atom stereocenters. The second kappa shape index (κ2) is 5.69. The molecule has 0 aromatic heterocycles. The number of nitrogens with one attached hydrogen (secondary N) is 1. The van der Waals surface area contributed by atoms with Crippen LogP contribution in [0.25, 0.3) is 11.1 Å². The summed E-state index contributed by atoms with van der Waals surface area (Å²) >= 11 is 5.54. The van der Waals surface area contributed by atoms with Crippen molar-refractivity contribution in [2.45, 2.75) is 6.92 Å². The molecule has 0 bridgehead atoms. The lowest BCUT2D eigenvalue weighted by Crippen LogP contribution is -2.14. The Kier molecular flexibility index (Phi) is 4.00. The van der Waals surface area contributed by atoms with Crippen LogP contribution in [0, 0.1) is 6.92 Å². The summed E-state index contributed by atoms with van der Waals surface area (Å²) in [6.45, 7) is 1.97. The van der Waals surface area contributed by atoms with Gasteiger partial charge in [-0.3, -0.25) is 4.79 Å². The lowest BCUT2D eigenvalue weighted by atomic mass is 10.0. The van der Waals surface area contributed by atoms with Crippen LogP contribution in [-0.4, -0.2) is 11.8 Å². The molecule has 0 unspecified atom stereocenters. The van der Waals surface area contributed by atoms with Gasteiger partial charge in [0.05, 0.1) is 5.69 Å². The fourth-order valence-corrected chi connectivity index (χ4v) is 1.93. The number of halogens is 1. The van der Waals surface area contributed by atoms with Gasteiger partial charge in [0.15, 0.2) is 0 Å². The summed E-state index contributed by atoms with van der Waals surface area (Å²) in [5, 5.41) is 2.86. The highest BCUT2D eigenvalue weighted by Gasteiger charge is 2.09. The van der Waals surface area contributed by atoms with Gasteiger partial charge in [0, 0.05) is 5.56 Å². The van der Waals surface area contributed by atoms with Crippen LogP contribution in [0.15, 0.2) is 48.5 Å². The summed E-state index contributed by atoms with van der Waals surface area (Å²) in [5.74, 6) is -0.231. The average molecular weight is 260 g/mol. The molecule has 0 spiro atoms. The van der Waals surface area contributed by atoms with Gasteiger partial charge in [0.1, 0.15) is 5.88 Å². The minimum atomic E-state index is -0.192. The lowest BCUT2D eigenvalue weighted by molar-refractivity contribution is -0.113. The van der Waals surface area contributed by atoms with E-state index in [1.54, 1.807) is 0 Å². The van der Waals surface area contributed by atoms with Gasteiger partial charge in [0.25, 0.3) is 0 Å². The molecule has 0 fully saturated rings. The van der Waals surface area contributed by atoms with Gasteiger partial charge in [-0.15, -0.1) is 11.6 Å². The van der Waals surface area contributed by atoms with Crippen LogP contribution in [-0.2, 0) is 4.79 Å². The minimum absolute atomic E-state index is 0.0391. The van der Waals surface area contributed by atoms with E-state index >= 15 is 0 Å². The Hall–Kier alpha value is -1.80. The number of hydrogen-bond acceptors (Lipinski definition) is 1. The van der Waals surface area contributed by atoms with Gasteiger partial charge in [0.2, 0.25) is 5.91 Å². The van der Waals surface area contributed by atoms with Crippen molar-refractivity contribution in [2.75, 3.05) is 11.2 Å². The Balaban J connectivity index is 2.48. The Morgan fingerprint density at radius 3 is 2.50 bits per heavy atom. The number of hydrogen-bond donors (Lipinski definition) is 1. The largest absolute Gasteiger partial charge is 0.324 e. The topological polar surface area (TPSA) is 29.1 Å². The van der Waals surface area contributed by atoms with Crippen LogP contribution in [0.1, 0.15) is 5.56 Å². The zero-order valence-electron chi connectivity index (χ0n) is 10.1. The van der Waals surface area contributed by atoms with E-state index in [4.69, 9.17) is 11.6 Å². The van der Waals surface area contributed by atoms with E-state index in [0.29, 0.717) is 0 Å². The Morgan fingerprint density at radius 1 is 1.11 bits per heavy atom. The van der Waals surface area contributed by atoms with Crippen LogP contribution < -0.4 is 5.32 Å². The van der Waals surface area contributed by atoms with Crippen molar-refractivity contribution in [1.82, 2.24) is 0 Å². The zero-order valence-corrected chi connectivity index (χ0v) is 10.9. The normalized spacial score (nSPS) is 10.1. The summed E-state index contributed by atoms with van der Waals surface area (Å²) in [6, 6.07) is 15.9. The van der Waals surface area contributed by atoms with E-state index in [-0.39, 0.29) is 11.8 Å². The molecule has 0 saturated heterocycles. The van der Waals surface area contributed by atoms with Crippen molar-refractivity contribution < 1.29 is 4.79 Å². The lowest BCUT2D eigenvalue weighted by Gasteiger charge is -2.13. The Labute approximate surface area is 112 Å². The predicted octanol–water partition coefficient (Wildman–Crippen LogP) is 3.84. The van der Waals surface area contributed by atoms with Crippen molar-refractivity contribution in [2.24, 2.45) is 0 Å². The number of carbonyl (C=O) groups is 1. The van der Waals surface area contributed by atoms with E-state index in [9.17, 15) is 4.79 Å². The molecular formula is C15H14ClNO. The Bertz CT molecular complexity index is 552. The predicted molar refractivity (Wildman–Crippen MR) is 76.0 cm³/mol. The van der Waals surface area contributed by atoms with Crippen LogP contribution in [0.5, 0.6) is 0 Å². The maximum atomic E-state index is 11.5. The molecule has 3 heteroatoms. The number of alkyl halides is 1. The first-order valence-electron chi connectivity index (χ1n) is 5.73. The maximum absolute atomic E-state index is 11.5. The van der Waals surface area contributed by atoms with Gasteiger partial charge in [-0.05, 0) is 18.1 Å². The molecule has 2 aromatic carbocycles. The van der Waals surface area contributed by atoms with Gasteiger partial charge >= 0.3 is 0 Å². The van der Waals surface area contributed by atoms with Crippen molar-refractivity contribution in [3.63, 3.8) is 0 Å². The average Bonchev–Trinajstić information content (AvgIpc) is 2.42. The summed E-state index contributed by atoms with van der Waals surface area (Å²) in [6.07, 6.45) is 0. The highest BCUT2D eigenvalue weighted by atomic mass is 35.5. The van der Waals surface area contributed by atoms with Crippen LogP contribution in [0.2, 0.25) is 0 Å². The van der Waals surface area contributed by atoms with Crippen molar-refractivity contribution >= 4 is 23.2 Å². The number of amides is 1. The molecule has 0 heterocycles. The second-order valence-corrected chi connectivity index (χ2v) is 4.31. The van der Waals surface area contributed by atoms with E-state index in [1.807, 2.05) is 55.5 Å². The molecule has 0 radical (unpaired) electrons. The third-order valence-electron chi connectivity index (χ3n) is 2.74. The van der Waals surface area contributed by atoms with Crippen molar-refractivity contribution in [1.29, 1.82) is 0 Å². The number of rotatable bonds is 3. The number of para-hydroxylation sites is 1. The number of anilines is 1. The molecule has 2 rings (SSSR count). The molecule has 0 aliphatic heterocycles. The molecule has 18 heavy (non-hydrogen) atoms. The zero-order chi connectivity index (χ0) is 13.0. The smallest absolute Gasteiger partial charge is 0.239 e. The Morgan fingerprint density at radius 2 is 1.83 bits per heavy atom. The third kappa shape index (κ3) is 2.71. The monoisotopic (exact) mass is 259 g/mol. The quantitative estimate of drug-likeness (QED) is 0.834. The van der Waals surface area contributed by atoms with Crippen LogP contribution in [0.4, 0.5) is 5.69 Å². The van der Waals surface area contributed by atoms with E-state index < -0.39 is 0 Å². The van der Waals surface area contributed by atoms with Crippen LogP contribution >= 0.6 is 11.6 Å². The van der Waals surface area contributed by atoms with Gasteiger partial charge in [-0.25, -0.2) is 0 Å². The molecular weight excluding hydrogens is 246 g/mol. The van der Waals surface area contributed by atoms with Crippen molar-refractivity contribution in [3.05, 3.63) is 54.1 Å². The van der Waals surface area contributed by atoms with Gasteiger partial charge < -0.3 is 5.32 Å². The first kappa shape index (κ1) is 12.7. The maximum Gasteiger partial charge on any atom is 0.239 e. The summed E-state index contributed by atoms with van der Waals surface area (Å²) < 4.78 is 0. The first-order chi connectivity index (χ1) is 8.72. The fourth-order valence-electron chi connectivity index (χ4n) is 1.86. The molecule has 2 aromatic rings. The molecule has 1 amide bonds. The second-order valence-electron chi connectivity index (χ2n) is 4.05. The standard InChI is InChI=1S/C15H14ClNO/c1-11-6-5-9-13(12-7-3-2-4-8-12)15(11)17-14(18)10-16/h2-9H,10H2,1H3,(H,17,18). The molecule has 92 valence electrons. The molecule has 1 N–H and O–H groups in total. The molecule has 2 nitrogen and oxygen atoms in total. The highest BCUT2D eigenvalue weighted by molar-refractivity contribution is 6.29. The van der Waals surface area contributed by atoms with Crippen molar-refractivity contribution in [3.8, 4) is 11.1 Å². The first-order valence-corrected chi connectivity index (χ1v) is 6.26. The summed E-state index contributed by atoms with van der Waals surface area (Å²) in [7, 11) is 0. The number of benzene rings is 2. The highest BCUT2D eigenvalue weighted by Crippen LogP contribution is 2.30.